The molecule has 0 aliphatic carbocycles. The molecule has 3 rings (SSSR count). The number of carbonyl (C=O) groups excluding carboxylic acids is 2. The van der Waals surface area contributed by atoms with E-state index in [2.05, 4.69) is 5.16 Å². The molecule has 1 N–H and O–H groups in total. The Kier molecular flexibility index (Phi) is 3.38. The Bertz CT molecular complexity index is 748. The van der Waals surface area contributed by atoms with E-state index in [0.29, 0.717) is 0 Å². The maximum absolute atomic E-state index is 13.8. The van der Waals surface area contributed by atoms with Gasteiger partial charge in [0, 0.05) is 6.54 Å². The van der Waals surface area contributed by atoms with E-state index in [1.54, 1.807) is 0 Å². The number of aromatic nitrogens is 1. The van der Waals surface area contributed by atoms with Gasteiger partial charge in [-0.05, 0) is 6.07 Å². The summed E-state index contributed by atoms with van der Waals surface area (Å²) in [6, 6.07) is 1.08. The second-order valence-electron chi connectivity index (χ2n) is 4.39. The van der Waals surface area contributed by atoms with E-state index in [-0.39, 0.29) is 41.1 Å². The number of aliphatic hydroxyl groups is 1. The monoisotopic (exact) mass is 314 g/mol. The zero-order chi connectivity index (χ0) is 15.1. The zero-order valence-corrected chi connectivity index (χ0v) is 11.2. The van der Waals surface area contributed by atoms with Crippen molar-refractivity contribution < 1.29 is 28.0 Å². The van der Waals surface area contributed by atoms with E-state index < -0.39 is 22.8 Å². The molecular weight excluding hydrogens is 306 g/mol. The van der Waals surface area contributed by atoms with Crippen LogP contribution in [0.4, 0.5) is 19.4 Å². The van der Waals surface area contributed by atoms with Gasteiger partial charge in [0.05, 0.1) is 22.8 Å². The predicted octanol–water partition coefficient (Wildman–Crippen LogP) is 1.95. The first-order valence-corrected chi connectivity index (χ1v) is 6.76. The van der Waals surface area contributed by atoms with E-state index in [9.17, 15) is 18.4 Å². The molecule has 0 unspecified atom stereocenters. The van der Waals surface area contributed by atoms with Crippen LogP contribution in [0, 0.1) is 11.6 Å². The fraction of sp³-hybridized carbons (Fsp3) is 0.250. The largest absolute Gasteiger partial charge is 0.395 e. The first kappa shape index (κ1) is 14.0. The SMILES string of the molecule is O=Cc1cc2c(N3C[C@H](CO)SC3=O)noc2c(F)c1F. The van der Waals surface area contributed by atoms with Crippen molar-refractivity contribution in [1.82, 2.24) is 5.16 Å². The van der Waals surface area contributed by atoms with Gasteiger partial charge in [-0.2, -0.15) is 4.39 Å². The number of benzene rings is 1. The first-order chi connectivity index (χ1) is 10.1. The van der Waals surface area contributed by atoms with Crippen molar-refractivity contribution in [3.8, 4) is 0 Å². The third-order valence-corrected chi connectivity index (χ3v) is 4.17. The van der Waals surface area contributed by atoms with Crippen LogP contribution in [0.1, 0.15) is 10.4 Å². The highest BCUT2D eigenvalue weighted by Gasteiger charge is 2.35. The van der Waals surface area contributed by atoms with E-state index in [1.165, 1.54) is 4.90 Å². The summed E-state index contributed by atoms with van der Waals surface area (Å²) in [5, 5.41) is 12.0. The summed E-state index contributed by atoms with van der Waals surface area (Å²) in [6.07, 6.45) is 0.172. The fourth-order valence-corrected chi connectivity index (χ4v) is 2.96. The number of nitrogens with zero attached hydrogens (tertiary/aromatic N) is 2. The van der Waals surface area contributed by atoms with E-state index >= 15 is 0 Å². The Labute approximate surface area is 120 Å². The number of aldehydes is 1. The summed E-state index contributed by atoms with van der Waals surface area (Å²) in [6.45, 7) is -0.0394. The molecule has 0 radical (unpaired) electrons. The van der Waals surface area contributed by atoms with E-state index in [4.69, 9.17) is 9.63 Å². The van der Waals surface area contributed by atoms with Gasteiger partial charge in [0.25, 0.3) is 5.24 Å². The summed E-state index contributed by atoms with van der Waals surface area (Å²) in [7, 11) is 0. The van der Waals surface area contributed by atoms with Crippen LogP contribution in [0.15, 0.2) is 10.6 Å². The van der Waals surface area contributed by atoms with Crippen molar-refractivity contribution in [2.45, 2.75) is 5.25 Å². The molecule has 1 atom stereocenters. The Morgan fingerprint density at radius 1 is 1.52 bits per heavy atom. The number of halogens is 2. The minimum absolute atomic E-state index is 0.000417. The van der Waals surface area contributed by atoms with Gasteiger partial charge in [0.2, 0.25) is 11.4 Å². The first-order valence-electron chi connectivity index (χ1n) is 5.88. The molecule has 2 aromatic rings. The van der Waals surface area contributed by atoms with Crippen molar-refractivity contribution in [2.24, 2.45) is 0 Å². The third kappa shape index (κ3) is 2.09. The van der Waals surface area contributed by atoms with Crippen molar-refractivity contribution in [3.63, 3.8) is 0 Å². The van der Waals surface area contributed by atoms with Crippen LogP contribution >= 0.6 is 11.8 Å². The van der Waals surface area contributed by atoms with Crippen molar-refractivity contribution in [2.75, 3.05) is 18.1 Å². The van der Waals surface area contributed by atoms with Crippen LogP contribution in [-0.4, -0.2) is 40.2 Å². The topological polar surface area (TPSA) is 83.6 Å². The number of hydrogen-bond donors (Lipinski definition) is 1. The molecule has 1 amide bonds. The van der Waals surface area contributed by atoms with Gasteiger partial charge in [-0.3, -0.25) is 14.5 Å². The zero-order valence-electron chi connectivity index (χ0n) is 10.4. The Morgan fingerprint density at radius 2 is 2.29 bits per heavy atom. The van der Waals surface area contributed by atoms with Crippen LogP contribution in [-0.2, 0) is 0 Å². The summed E-state index contributed by atoms with van der Waals surface area (Å²) in [5.41, 5.74) is -0.944. The highest BCUT2D eigenvalue weighted by molar-refractivity contribution is 8.14. The number of rotatable bonds is 3. The van der Waals surface area contributed by atoms with Crippen molar-refractivity contribution in [3.05, 3.63) is 23.3 Å². The average Bonchev–Trinajstić information content (AvgIpc) is 3.05. The van der Waals surface area contributed by atoms with Gasteiger partial charge in [0.1, 0.15) is 0 Å². The third-order valence-electron chi connectivity index (χ3n) is 3.11. The Morgan fingerprint density at radius 3 is 2.90 bits per heavy atom. The molecule has 110 valence electrons. The van der Waals surface area contributed by atoms with Gasteiger partial charge in [-0.15, -0.1) is 0 Å². The Balaban J connectivity index is 2.14. The molecule has 1 aliphatic rings. The van der Waals surface area contributed by atoms with Crippen LogP contribution in [0.5, 0.6) is 0 Å². The molecular formula is C12H8F2N2O4S. The molecule has 0 saturated carbocycles. The second kappa shape index (κ2) is 5.08. The normalized spacial score (nSPS) is 18.7. The highest BCUT2D eigenvalue weighted by Crippen LogP contribution is 2.36. The van der Waals surface area contributed by atoms with Crippen molar-refractivity contribution in [1.29, 1.82) is 0 Å². The number of carbonyl (C=O) groups is 2. The van der Waals surface area contributed by atoms with E-state index in [0.717, 1.165) is 17.8 Å². The molecule has 1 aromatic carbocycles. The van der Waals surface area contributed by atoms with Crippen molar-refractivity contribution >= 4 is 40.1 Å². The lowest BCUT2D eigenvalue weighted by atomic mass is 10.1. The number of thioether (sulfide) groups is 1. The van der Waals surface area contributed by atoms with Crippen LogP contribution < -0.4 is 4.90 Å². The van der Waals surface area contributed by atoms with Gasteiger partial charge in [-0.25, -0.2) is 4.39 Å². The van der Waals surface area contributed by atoms with Crippen LogP contribution in [0.25, 0.3) is 11.0 Å². The van der Waals surface area contributed by atoms with Gasteiger partial charge in [-0.1, -0.05) is 16.9 Å². The highest BCUT2D eigenvalue weighted by atomic mass is 32.2. The molecule has 6 nitrogen and oxygen atoms in total. The quantitative estimate of drug-likeness (QED) is 0.872. The lowest BCUT2D eigenvalue weighted by molar-refractivity contribution is 0.111. The standard InChI is InChI=1S/C12H8F2N2O4S/c13-8-5(3-17)1-7-10(9(8)14)20-15-11(7)16-2-6(4-18)21-12(16)19/h1,3,6,18H,2,4H2/t6-/m1/s1. The molecule has 0 bridgehead atoms. The fourth-order valence-electron chi connectivity index (χ4n) is 2.09. The molecule has 0 spiro atoms. The molecule has 1 aromatic heterocycles. The summed E-state index contributed by atoms with van der Waals surface area (Å²) in [5.74, 6) is -2.65. The summed E-state index contributed by atoms with van der Waals surface area (Å²) < 4.78 is 32.0. The van der Waals surface area contributed by atoms with E-state index in [1.807, 2.05) is 0 Å². The number of hydrogen-bond acceptors (Lipinski definition) is 6. The number of amides is 1. The maximum Gasteiger partial charge on any atom is 0.287 e. The average molecular weight is 314 g/mol. The molecule has 9 heteroatoms. The summed E-state index contributed by atoms with van der Waals surface area (Å²) >= 11 is 0.916. The molecule has 2 heterocycles. The van der Waals surface area contributed by atoms with Crippen LogP contribution in [0.3, 0.4) is 0 Å². The lowest BCUT2D eigenvalue weighted by Gasteiger charge is -2.11. The summed E-state index contributed by atoms with van der Waals surface area (Å²) in [4.78, 5) is 23.8. The number of fused-ring (bicyclic) bond motifs is 1. The minimum atomic E-state index is -1.33. The van der Waals surface area contributed by atoms with Gasteiger partial charge < -0.3 is 9.63 Å². The number of anilines is 1. The molecule has 1 saturated heterocycles. The number of aliphatic hydroxyl groups excluding tert-OH is 1. The lowest BCUT2D eigenvalue weighted by Crippen LogP contribution is -2.25. The predicted molar refractivity (Wildman–Crippen MR) is 70.5 cm³/mol. The minimum Gasteiger partial charge on any atom is -0.395 e. The molecule has 21 heavy (non-hydrogen) atoms. The van der Waals surface area contributed by atoms with Gasteiger partial charge in [0.15, 0.2) is 17.9 Å². The molecule has 1 aliphatic heterocycles. The molecule has 1 fully saturated rings. The smallest absolute Gasteiger partial charge is 0.287 e. The Hall–Kier alpha value is -2.00. The maximum atomic E-state index is 13.8. The second-order valence-corrected chi connectivity index (χ2v) is 5.65. The van der Waals surface area contributed by atoms with Crippen LogP contribution in [0.2, 0.25) is 0 Å². The van der Waals surface area contributed by atoms with Gasteiger partial charge >= 0.3 is 0 Å².